The molecule has 3 rings (SSSR count). The van der Waals surface area contributed by atoms with Crippen molar-refractivity contribution in [2.24, 2.45) is 5.73 Å². The molecule has 0 aromatic heterocycles. The monoisotopic (exact) mass is 354 g/mol. The molecule has 0 saturated heterocycles. The molecule has 0 fully saturated rings. The molecule has 0 bridgehead atoms. The zero-order valence-corrected chi connectivity index (χ0v) is 14.6. The van der Waals surface area contributed by atoms with Gasteiger partial charge in [0, 0.05) is 13.0 Å². The zero-order chi connectivity index (χ0) is 18.5. The molecule has 6 nitrogen and oxygen atoms in total. The van der Waals surface area contributed by atoms with Gasteiger partial charge in [-0.3, -0.25) is 9.59 Å². The number of carbonyl (C=O) groups is 2. The molecule has 3 N–H and O–H groups in total. The SMILES string of the molecule is COCCOCC(=O)N[C@H](C(N)=O)C1c2ccccc2-c2ccccc21. The summed E-state index contributed by atoms with van der Waals surface area (Å²) in [6.07, 6.45) is 0. The van der Waals surface area contributed by atoms with Crippen LogP contribution in [0.1, 0.15) is 17.0 Å². The molecule has 0 heterocycles. The van der Waals surface area contributed by atoms with Crippen LogP contribution in [0.4, 0.5) is 0 Å². The van der Waals surface area contributed by atoms with Crippen molar-refractivity contribution in [3.63, 3.8) is 0 Å². The van der Waals surface area contributed by atoms with Crippen LogP contribution in [-0.4, -0.2) is 44.8 Å². The topological polar surface area (TPSA) is 90.7 Å². The maximum atomic E-state index is 12.2. The standard InChI is InChI=1S/C20H22N2O4/c1-25-10-11-26-12-17(23)22-19(20(21)24)18-15-8-4-2-6-13(15)14-7-3-5-9-16(14)18/h2-9,18-19H,10-12H2,1H3,(H2,21,24)(H,22,23)/t19-/m0/s1. The fourth-order valence-electron chi connectivity index (χ4n) is 3.39. The smallest absolute Gasteiger partial charge is 0.246 e. The highest BCUT2D eigenvalue weighted by Crippen LogP contribution is 2.46. The van der Waals surface area contributed by atoms with Crippen LogP contribution >= 0.6 is 0 Å². The molecule has 0 radical (unpaired) electrons. The lowest BCUT2D eigenvalue weighted by atomic mass is 9.89. The molecule has 26 heavy (non-hydrogen) atoms. The number of primary amides is 1. The Morgan fingerprint density at radius 3 is 2.15 bits per heavy atom. The van der Waals surface area contributed by atoms with E-state index in [4.69, 9.17) is 15.2 Å². The summed E-state index contributed by atoms with van der Waals surface area (Å²) in [7, 11) is 1.56. The van der Waals surface area contributed by atoms with Gasteiger partial charge in [0.25, 0.3) is 0 Å². The first-order valence-corrected chi connectivity index (χ1v) is 8.47. The Hall–Kier alpha value is -2.70. The van der Waals surface area contributed by atoms with E-state index >= 15 is 0 Å². The summed E-state index contributed by atoms with van der Waals surface area (Å²) in [6.45, 7) is 0.555. The van der Waals surface area contributed by atoms with Crippen molar-refractivity contribution in [3.05, 3.63) is 59.7 Å². The number of hydrogen-bond donors (Lipinski definition) is 2. The van der Waals surface area contributed by atoms with Crippen LogP contribution in [0.3, 0.4) is 0 Å². The number of amides is 2. The van der Waals surface area contributed by atoms with Crippen molar-refractivity contribution in [1.82, 2.24) is 5.32 Å². The van der Waals surface area contributed by atoms with Gasteiger partial charge >= 0.3 is 0 Å². The first-order chi connectivity index (χ1) is 12.6. The predicted molar refractivity (Wildman–Crippen MR) is 97.5 cm³/mol. The van der Waals surface area contributed by atoms with Crippen LogP contribution in [0.2, 0.25) is 0 Å². The van der Waals surface area contributed by atoms with Crippen molar-refractivity contribution in [2.75, 3.05) is 26.9 Å². The van der Waals surface area contributed by atoms with Crippen molar-refractivity contribution in [1.29, 1.82) is 0 Å². The molecule has 2 aromatic carbocycles. The third kappa shape index (κ3) is 3.61. The average molecular weight is 354 g/mol. The highest BCUT2D eigenvalue weighted by atomic mass is 16.5. The maximum Gasteiger partial charge on any atom is 0.246 e. The molecule has 0 unspecified atom stereocenters. The number of ether oxygens (including phenoxy) is 2. The summed E-state index contributed by atoms with van der Waals surface area (Å²) in [5.74, 6) is -1.28. The second-order valence-electron chi connectivity index (χ2n) is 6.15. The van der Waals surface area contributed by atoms with E-state index in [1.807, 2.05) is 48.5 Å². The first kappa shape index (κ1) is 18.1. The normalized spacial score (nSPS) is 13.7. The van der Waals surface area contributed by atoms with E-state index in [9.17, 15) is 9.59 Å². The van der Waals surface area contributed by atoms with Gasteiger partial charge in [0.1, 0.15) is 12.6 Å². The van der Waals surface area contributed by atoms with Crippen LogP contribution in [0.5, 0.6) is 0 Å². The molecule has 1 atom stereocenters. The molecule has 136 valence electrons. The van der Waals surface area contributed by atoms with Crippen LogP contribution in [0.25, 0.3) is 11.1 Å². The highest BCUT2D eigenvalue weighted by Gasteiger charge is 2.37. The minimum absolute atomic E-state index is 0.150. The maximum absolute atomic E-state index is 12.2. The third-order valence-corrected chi connectivity index (χ3v) is 4.50. The third-order valence-electron chi connectivity index (χ3n) is 4.50. The summed E-state index contributed by atoms with van der Waals surface area (Å²) in [5.41, 5.74) is 9.73. The van der Waals surface area contributed by atoms with E-state index in [0.29, 0.717) is 13.2 Å². The van der Waals surface area contributed by atoms with Crippen molar-refractivity contribution in [2.45, 2.75) is 12.0 Å². The Bertz CT molecular complexity index is 760. The van der Waals surface area contributed by atoms with E-state index in [-0.39, 0.29) is 18.4 Å². The van der Waals surface area contributed by atoms with Gasteiger partial charge in [-0.2, -0.15) is 0 Å². The number of fused-ring (bicyclic) bond motifs is 3. The minimum atomic E-state index is -0.849. The van der Waals surface area contributed by atoms with Crippen LogP contribution in [-0.2, 0) is 19.1 Å². The van der Waals surface area contributed by atoms with Gasteiger partial charge in [-0.05, 0) is 22.3 Å². The quantitative estimate of drug-likeness (QED) is 0.702. The first-order valence-electron chi connectivity index (χ1n) is 8.47. The second kappa shape index (κ2) is 8.12. The Morgan fingerprint density at radius 1 is 1.04 bits per heavy atom. The number of benzene rings is 2. The summed E-state index contributed by atoms with van der Waals surface area (Å²) in [6, 6.07) is 14.9. The number of carbonyl (C=O) groups excluding carboxylic acids is 2. The molecule has 0 spiro atoms. The number of rotatable bonds is 8. The van der Waals surface area contributed by atoms with E-state index < -0.39 is 11.9 Å². The number of methoxy groups -OCH3 is 1. The average Bonchev–Trinajstić information content (AvgIpc) is 2.98. The summed E-state index contributed by atoms with van der Waals surface area (Å²) >= 11 is 0. The van der Waals surface area contributed by atoms with Gasteiger partial charge in [-0.25, -0.2) is 0 Å². The molecule has 2 aromatic rings. The fourth-order valence-corrected chi connectivity index (χ4v) is 3.39. The molecule has 1 aliphatic rings. The summed E-state index contributed by atoms with van der Waals surface area (Å²) < 4.78 is 10.1. The van der Waals surface area contributed by atoms with E-state index in [0.717, 1.165) is 22.3 Å². The van der Waals surface area contributed by atoms with E-state index in [2.05, 4.69) is 5.32 Å². The lowest BCUT2D eigenvalue weighted by Crippen LogP contribution is -2.49. The Morgan fingerprint density at radius 2 is 1.62 bits per heavy atom. The lowest BCUT2D eigenvalue weighted by Gasteiger charge is -2.24. The van der Waals surface area contributed by atoms with Crippen molar-refractivity contribution in [3.8, 4) is 11.1 Å². The predicted octanol–water partition coefficient (Wildman–Crippen LogP) is 1.43. The van der Waals surface area contributed by atoms with Gasteiger partial charge < -0.3 is 20.5 Å². The summed E-state index contributed by atoms with van der Waals surface area (Å²) in [4.78, 5) is 24.4. The van der Waals surface area contributed by atoms with Crippen LogP contribution in [0, 0.1) is 0 Å². The van der Waals surface area contributed by atoms with Gasteiger partial charge in [0.2, 0.25) is 11.8 Å². The van der Waals surface area contributed by atoms with Gasteiger partial charge in [-0.1, -0.05) is 48.5 Å². The highest BCUT2D eigenvalue weighted by molar-refractivity contribution is 5.91. The van der Waals surface area contributed by atoms with Gasteiger partial charge in [0.15, 0.2) is 0 Å². The Balaban J connectivity index is 1.84. The molecule has 2 amide bonds. The van der Waals surface area contributed by atoms with Gasteiger partial charge in [-0.15, -0.1) is 0 Å². The minimum Gasteiger partial charge on any atom is -0.382 e. The van der Waals surface area contributed by atoms with Crippen LogP contribution in [0.15, 0.2) is 48.5 Å². The van der Waals surface area contributed by atoms with E-state index in [1.165, 1.54) is 0 Å². The second-order valence-corrected chi connectivity index (χ2v) is 6.15. The zero-order valence-electron chi connectivity index (χ0n) is 14.6. The molecule has 6 heteroatoms. The molecular weight excluding hydrogens is 332 g/mol. The lowest BCUT2D eigenvalue weighted by molar-refractivity contribution is -0.130. The number of nitrogens with two attached hydrogens (primary N) is 1. The van der Waals surface area contributed by atoms with Crippen molar-refractivity contribution < 1.29 is 19.1 Å². The molecule has 0 aliphatic heterocycles. The van der Waals surface area contributed by atoms with Crippen molar-refractivity contribution >= 4 is 11.8 Å². The fraction of sp³-hybridized carbons (Fsp3) is 0.300. The molecule has 1 aliphatic carbocycles. The number of nitrogens with one attached hydrogen (secondary N) is 1. The molecular formula is C20H22N2O4. The van der Waals surface area contributed by atoms with E-state index in [1.54, 1.807) is 7.11 Å². The largest absolute Gasteiger partial charge is 0.382 e. The molecule has 0 saturated carbocycles. The van der Waals surface area contributed by atoms with Crippen LogP contribution < -0.4 is 11.1 Å². The Kier molecular flexibility index (Phi) is 5.65. The Labute approximate surface area is 152 Å². The van der Waals surface area contributed by atoms with Gasteiger partial charge in [0.05, 0.1) is 13.2 Å². The number of hydrogen-bond acceptors (Lipinski definition) is 4. The summed E-state index contributed by atoms with van der Waals surface area (Å²) in [5, 5.41) is 2.74.